The van der Waals surface area contributed by atoms with Gasteiger partial charge in [0.15, 0.2) is 5.82 Å². The summed E-state index contributed by atoms with van der Waals surface area (Å²) >= 11 is 0. The van der Waals surface area contributed by atoms with E-state index in [9.17, 15) is 13.6 Å². The van der Waals surface area contributed by atoms with E-state index in [1.165, 1.54) is 0 Å². The Labute approximate surface area is 104 Å². The number of pyridine rings is 1. The van der Waals surface area contributed by atoms with E-state index in [0.29, 0.717) is 12.8 Å². The number of halogens is 2. The second-order valence-electron chi connectivity index (χ2n) is 3.82. The topological polar surface area (TPSA) is 65.8 Å². The maximum absolute atomic E-state index is 13.4. The fourth-order valence-electron chi connectivity index (χ4n) is 1.49. The van der Waals surface area contributed by atoms with Gasteiger partial charge in [-0.25, -0.2) is 9.37 Å². The van der Waals surface area contributed by atoms with Crippen LogP contribution < -0.4 is 5.32 Å². The first-order chi connectivity index (χ1) is 8.49. The molecule has 1 heterocycles. The van der Waals surface area contributed by atoms with Crippen LogP contribution in [0.3, 0.4) is 0 Å². The van der Waals surface area contributed by atoms with Crippen molar-refractivity contribution in [2.75, 3.05) is 0 Å². The van der Waals surface area contributed by atoms with Crippen LogP contribution in [0.1, 0.15) is 37.0 Å². The van der Waals surface area contributed by atoms with Crippen LogP contribution in [0, 0.1) is 23.1 Å². The molecule has 0 saturated carbocycles. The molecule has 0 aliphatic heterocycles. The van der Waals surface area contributed by atoms with Gasteiger partial charge in [-0.2, -0.15) is 9.65 Å². The Kier molecular flexibility index (Phi) is 4.32. The highest BCUT2D eigenvalue weighted by Gasteiger charge is 2.29. The number of carbonyl (C=O) groups excluding carboxylic acids is 1. The van der Waals surface area contributed by atoms with Crippen LogP contribution in [0.2, 0.25) is 0 Å². The number of carbonyl (C=O) groups is 1. The molecule has 18 heavy (non-hydrogen) atoms. The third kappa shape index (κ3) is 2.62. The molecule has 0 radical (unpaired) electrons. The molecule has 1 aromatic heterocycles. The van der Waals surface area contributed by atoms with Crippen molar-refractivity contribution in [3.8, 4) is 6.07 Å². The molecule has 0 spiro atoms. The molecule has 0 atom stereocenters. The number of hydrogen-bond donors (Lipinski definition) is 1. The van der Waals surface area contributed by atoms with Crippen LogP contribution in [-0.4, -0.2) is 16.4 Å². The number of rotatable bonds is 4. The van der Waals surface area contributed by atoms with Gasteiger partial charge >= 0.3 is 0 Å². The predicted octanol–water partition coefficient (Wildman–Crippen LogP) is 2.17. The van der Waals surface area contributed by atoms with Gasteiger partial charge in [-0.05, 0) is 18.9 Å². The van der Waals surface area contributed by atoms with Crippen molar-refractivity contribution in [3.05, 3.63) is 29.6 Å². The zero-order valence-corrected chi connectivity index (χ0v) is 10.1. The Morgan fingerprint density at radius 1 is 1.50 bits per heavy atom. The number of amides is 1. The van der Waals surface area contributed by atoms with Gasteiger partial charge in [0.1, 0.15) is 5.54 Å². The number of nitrogens with zero attached hydrogens (tertiary/aromatic N) is 2. The first-order valence-electron chi connectivity index (χ1n) is 5.53. The van der Waals surface area contributed by atoms with E-state index in [-0.39, 0.29) is 0 Å². The summed E-state index contributed by atoms with van der Waals surface area (Å²) in [6.45, 7) is 3.47. The van der Waals surface area contributed by atoms with Crippen LogP contribution >= 0.6 is 0 Å². The molecule has 4 nitrogen and oxygen atoms in total. The molecular formula is C12H13F2N3O. The van der Waals surface area contributed by atoms with Gasteiger partial charge in [0.05, 0.1) is 11.6 Å². The molecule has 6 heteroatoms. The van der Waals surface area contributed by atoms with E-state index >= 15 is 0 Å². The summed E-state index contributed by atoms with van der Waals surface area (Å²) in [5, 5.41) is 11.5. The summed E-state index contributed by atoms with van der Waals surface area (Å²) in [5.74, 6) is -3.47. The third-order valence-electron chi connectivity index (χ3n) is 2.87. The Morgan fingerprint density at radius 2 is 2.11 bits per heavy atom. The first-order valence-corrected chi connectivity index (χ1v) is 5.53. The lowest BCUT2D eigenvalue weighted by Crippen LogP contribution is -2.46. The Hall–Kier alpha value is -2.03. The predicted molar refractivity (Wildman–Crippen MR) is 60.5 cm³/mol. The number of nitriles is 1. The van der Waals surface area contributed by atoms with Crippen LogP contribution in [0.5, 0.6) is 0 Å². The molecule has 96 valence electrons. The highest BCUT2D eigenvalue weighted by Crippen LogP contribution is 2.16. The fourth-order valence-corrected chi connectivity index (χ4v) is 1.49. The summed E-state index contributed by atoms with van der Waals surface area (Å²) in [7, 11) is 0. The molecule has 0 aliphatic rings. The molecule has 0 bridgehead atoms. The van der Waals surface area contributed by atoms with Crippen molar-refractivity contribution >= 4 is 5.91 Å². The van der Waals surface area contributed by atoms with Crippen LogP contribution in [0.15, 0.2) is 12.3 Å². The molecule has 1 N–H and O–H groups in total. The Balaban J connectivity index is 3.03. The van der Waals surface area contributed by atoms with Gasteiger partial charge in [-0.15, -0.1) is 0 Å². The minimum Gasteiger partial charge on any atom is -0.334 e. The maximum atomic E-state index is 13.4. The van der Waals surface area contributed by atoms with Crippen molar-refractivity contribution in [1.29, 1.82) is 5.26 Å². The lowest BCUT2D eigenvalue weighted by Gasteiger charge is -2.24. The summed E-state index contributed by atoms with van der Waals surface area (Å²) in [6, 6.07) is 3.06. The Morgan fingerprint density at radius 3 is 2.61 bits per heavy atom. The zero-order valence-electron chi connectivity index (χ0n) is 10.1. The third-order valence-corrected chi connectivity index (χ3v) is 2.87. The summed E-state index contributed by atoms with van der Waals surface area (Å²) in [5.41, 5.74) is -1.52. The minimum atomic E-state index is -1.33. The van der Waals surface area contributed by atoms with Crippen molar-refractivity contribution in [2.45, 2.75) is 32.2 Å². The molecular weight excluding hydrogens is 240 g/mol. The average Bonchev–Trinajstić information content (AvgIpc) is 2.39. The lowest BCUT2D eigenvalue weighted by atomic mass is 9.94. The van der Waals surface area contributed by atoms with Gasteiger partial charge in [-0.3, -0.25) is 4.79 Å². The molecule has 0 aromatic carbocycles. The molecule has 1 rings (SSSR count). The summed E-state index contributed by atoms with van der Waals surface area (Å²) in [6.07, 6.45) is 1.75. The summed E-state index contributed by atoms with van der Waals surface area (Å²) < 4.78 is 26.2. The van der Waals surface area contributed by atoms with E-state index in [4.69, 9.17) is 5.26 Å². The van der Waals surface area contributed by atoms with Crippen molar-refractivity contribution in [1.82, 2.24) is 10.3 Å². The van der Waals surface area contributed by atoms with Gasteiger partial charge in [0.25, 0.3) is 5.91 Å². The quantitative estimate of drug-likeness (QED) is 0.836. The standard InChI is InChI=1S/C12H13F2N3O/c1-3-12(4-2,7-15)17-11(18)8-5-6-16-10(14)9(8)13/h5-6H,3-4H2,1-2H3,(H,17,18). The van der Waals surface area contributed by atoms with E-state index in [1.54, 1.807) is 13.8 Å². The average molecular weight is 253 g/mol. The van der Waals surface area contributed by atoms with Gasteiger partial charge in [0.2, 0.25) is 5.95 Å². The number of hydrogen-bond acceptors (Lipinski definition) is 3. The van der Waals surface area contributed by atoms with Crippen molar-refractivity contribution in [3.63, 3.8) is 0 Å². The maximum Gasteiger partial charge on any atom is 0.255 e. The van der Waals surface area contributed by atoms with Crippen LogP contribution in [-0.2, 0) is 0 Å². The van der Waals surface area contributed by atoms with Gasteiger partial charge in [0, 0.05) is 6.20 Å². The molecule has 0 fully saturated rings. The smallest absolute Gasteiger partial charge is 0.255 e. The largest absolute Gasteiger partial charge is 0.334 e. The van der Waals surface area contributed by atoms with Gasteiger partial charge < -0.3 is 5.32 Å². The monoisotopic (exact) mass is 253 g/mol. The highest BCUT2D eigenvalue weighted by atomic mass is 19.2. The molecule has 0 unspecified atom stereocenters. The SMILES string of the molecule is CCC(C#N)(CC)NC(=O)c1ccnc(F)c1F. The molecule has 1 amide bonds. The summed E-state index contributed by atoms with van der Waals surface area (Å²) in [4.78, 5) is 14.9. The zero-order chi connectivity index (χ0) is 13.8. The first kappa shape index (κ1) is 14.0. The minimum absolute atomic E-state index is 0.376. The highest BCUT2D eigenvalue weighted by molar-refractivity contribution is 5.95. The number of aromatic nitrogens is 1. The van der Waals surface area contributed by atoms with E-state index in [0.717, 1.165) is 12.3 Å². The van der Waals surface area contributed by atoms with Crippen LogP contribution in [0.25, 0.3) is 0 Å². The molecule has 0 aliphatic carbocycles. The second kappa shape index (κ2) is 5.54. The Bertz CT molecular complexity index is 493. The van der Waals surface area contributed by atoms with Crippen molar-refractivity contribution in [2.24, 2.45) is 0 Å². The lowest BCUT2D eigenvalue weighted by molar-refractivity contribution is 0.0910. The molecule has 1 aromatic rings. The fraction of sp³-hybridized carbons (Fsp3) is 0.417. The van der Waals surface area contributed by atoms with Crippen LogP contribution in [0.4, 0.5) is 8.78 Å². The second-order valence-corrected chi connectivity index (χ2v) is 3.82. The van der Waals surface area contributed by atoms with E-state index in [1.807, 2.05) is 6.07 Å². The van der Waals surface area contributed by atoms with E-state index < -0.39 is 28.8 Å². The van der Waals surface area contributed by atoms with E-state index in [2.05, 4.69) is 10.3 Å². The normalized spacial score (nSPS) is 10.8. The number of nitrogens with one attached hydrogen (secondary N) is 1. The van der Waals surface area contributed by atoms with Crippen molar-refractivity contribution < 1.29 is 13.6 Å². The molecule has 0 saturated heterocycles. The van der Waals surface area contributed by atoms with Gasteiger partial charge in [-0.1, -0.05) is 13.8 Å².